The minimum absolute atomic E-state index is 0.0871. The molecule has 3 aromatic rings. The second-order valence-corrected chi connectivity index (χ2v) is 8.18. The molecular formula is C20H20N2OS2. The molecule has 0 saturated heterocycles. The Kier molecular flexibility index (Phi) is 4.97. The van der Waals surface area contributed by atoms with Crippen molar-refractivity contribution >= 4 is 28.6 Å². The molecule has 1 aliphatic heterocycles. The summed E-state index contributed by atoms with van der Waals surface area (Å²) in [5, 5.41) is 7.34. The van der Waals surface area contributed by atoms with E-state index in [1.807, 2.05) is 41.7 Å². The highest BCUT2D eigenvalue weighted by atomic mass is 32.1. The first-order valence-electron chi connectivity index (χ1n) is 8.45. The Labute approximate surface area is 155 Å². The maximum atomic E-state index is 12.5. The van der Waals surface area contributed by atoms with Crippen molar-refractivity contribution in [2.75, 3.05) is 13.1 Å². The van der Waals surface area contributed by atoms with Gasteiger partial charge in [-0.15, -0.1) is 22.7 Å². The Bertz CT molecular complexity index is 827. The lowest BCUT2D eigenvalue weighted by Gasteiger charge is -2.34. The number of nitrogens with one attached hydrogen (secondary N) is 1. The van der Waals surface area contributed by atoms with E-state index in [-0.39, 0.29) is 11.9 Å². The summed E-state index contributed by atoms with van der Waals surface area (Å²) in [7, 11) is 0. The highest BCUT2D eigenvalue weighted by Gasteiger charge is 2.31. The molecule has 2 aromatic heterocycles. The van der Waals surface area contributed by atoms with Crippen LogP contribution in [0.1, 0.15) is 26.9 Å². The molecule has 1 N–H and O–H groups in total. The second-order valence-electron chi connectivity index (χ2n) is 6.20. The van der Waals surface area contributed by atoms with Crippen molar-refractivity contribution in [3.63, 3.8) is 0 Å². The SMILES string of the molecule is O=C(CN1CCc2sccc2[C@H]1c1cccs1)NCc1ccccc1. The van der Waals surface area contributed by atoms with E-state index in [2.05, 4.69) is 39.2 Å². The third-order valence-electron chi connectivity index (χ3n) is 4.56. The number of carbonyl (C=O) groups excluding carboxylic acids is 1. The lowest BCUT2D eigenvalue weighted by atomic mass is 9.98. The fourth-order valence-electron chi connectivity index (χ4n) is 3.36. The van der Waals surface area contributed by atoms with E-state index in [1.54, 1.807) is 11.3 Å². The van der Waals surface area contributed by atoms with Gasteiger partial charge in [-0.1, -0.05) is 36.4 Å². The summed E-state index contributed by atoms with van der Waals surface area (Å²) in [6.07, 6.45) is 1.03. The zero-order chi connectivity index (χ0) is 17.1. The maximum absolute atomic E-state index is 12.5. The third-order valence-corrected chi connectivity index (χ3v) is 6.48. The average molecular weight is 369 g/mol. The highest BCUT2D eigenvalue weighted by molar-refractivity contribution is 7.10. The molecule has 1 atom stereocenters. The number of hydrogen-bond acceptors (Lipinski definition) is 4. The van der Waals surface area contributed by atoms with Crippen molar-refractivity contribution < 1.29 is 4.79 Å². The second kappa shape index (κ2) is 7.52. The zero-order valence-electron chi connectivity index (χ0n) is 13.9. The van der Waals surface area contributed by atoms with Crippen LogP contribution in [0.3, 0.4) is 0 Å². The molecule has 3 heterocycles. The summed E-state index contributed by atoms with van der Waals surface area (Å²) in [5.41, 5.74) is 2.50. The normalized spacial score (nSPS) is 17.2. The standard InChI is InChI=1S/C20H20N2OS2/c23-19(21-13-15-5-2-1-3-6-15)14-22-10-8-17-16(9-12-25-17)20(22)18-7-4-11-24-18/h1-7,9,11-12,20H,8,10,13-14H2,(H,21,23)/t20-/m0/s1. The smallest absolute Gasteiger partial charge is 0.234 e. The van der Waals surface area contributed by atoms with Crippen molar-refractivity contribution in [1.82, 2.24) is 10.2 Å². The van der Waals surface area contributed by atoms with Crippen molar-refractivity contribution in [1.29, 1.82) is 0 Å². The van der Waals surface area contributed by atoms with Crippen LogP contribution in [0.2, 0.25) is 0 Å². The molecule has 0 saturated carbocycles. The van der Waals surface area contributed by atoms with Crippen LogP contribution in [-0.2, 0) is 17.8 Å². The van der Waals surface area contributed by atoms with Crippen LogP contribution in [-0.4, -0.2) is 23.9 Å². The molecule has 0 fully saturated rings. The molecule has 1 aliphatic rings. The van der Waals surface area contributed by atoms with Crippen LogP contribution in [0.5, 0.6) is 0 Å². The Balaban J connectivity index is 1.46. The quantitative estimate of drug-likeness (QED) is 0.736. The summed E-state index contributed by atoms with van der Waals surface area (Å²) in [6.45, 7) is 1.94. The van der Waals surface area contributed by atoms with Crippen molar-refractivity contribution in [2.45, 2.75) is 19.0 Å². The first kappa shape index (κ1) is 16.5. The summed E-state index contributed by atoms with van der Waals surface area (Å²) in [6, 6.07) is 16.7. The van der Waals surface area contributed by atoms with Gasteiger partial charge < -0.3 is 5.32 Å². The number of fused-ring (bicyclic) bond motifs is 1. The zero-order valence-corrected chi connectivity index (χ0v) is 15.5. The van der Waals surface area contributed by atoms with Crippen LogP contribution in [0.15, 0.2) is 59.3 Å². The van der Waals surface area contributed by atoms with E-state index in [0.717, 1.165) is 18.5 Å². The van der Waals surface area contributed by atoms with E-state index in [0.29, 0.717) is 13.1 Å². The van der Waals surface area contributed by atoms with Gasteiger partial charge in [-0.05, 0) is 40.4 Å². The van der Waals surface area contributed by atoms with Gasteiger partial charge in [0.25, 0.3) is 0 Å². The van der Waals surface area contributed by atoms with Crippen LogP contribution >= 0.6 is 22.7 Å². The minimum atomic E-state index is 0.0871. The first-order valence-corrected chi connectivity index (χ1v) is 10.2. The molecule has 0 radical (unpaired) electrons. The fourth-order valence-corrected chi connectivity index (χ4v) is 5.14. The topological polar surface area (TPSA) is 32.3 Å². The number of carbonyl (C=O) groups is 1. The number of amides is 1. The molecule has 0 spiro atoms. The Morgan fingerprint density at radius 1 is 1.08 bits per heavy atom. The molecule has 1 amide bonds. The van der Waals surface area contributed by atoms with Gasteiger partial charge in [0.05, 0.1) is 12.6 Å². The lowest BCUT2D eigenvalue weighted by molar-refractivity contribution is -0.122. The van der Waals surface area contributed by atoms with Gasteiger partial charge in [-0.25, -0.2) is 0 Å². The molecule has 4 rings (SSSR count). The summed E-state index contributed by atoms with van der Waals surface area (Å²) in [4.78, 5) is 17.6. The summed E-state index contributed by atoms with van der Waals surface area (Å²) < 4.78 is 0. The Hall–Kier alpha value is -1.95. The van der Waals surface area contributed by atoms with Crippen molar-refractivity contribution in [3.05, 3.63) is 80.2 Å². The van der Waals surface area contributed by atoms with Gasteiger partial charge in [0.1, 0.15) is 0 Å². The lowest BCUT2D eigenvalue weighted by Crippen LogP contribution is -2.42. The number of hydrogen-bond donors (Lipinski definition) is 1. The molecule has 1 aromatic carbocycles. The molecule has 3 nitrogen and oxygen atoms in total. The van der Waals surface area contributed by atoms with E-state index in [4.69, 9.17) is 0 Å². The van der Waals surface area contributed by atoms with Crippen LogP contribution in [0.4, 0.5) is 0 Å². The highest BCUT2D eigenvalue weighted by Crippen LogP contribution is 2.39. The van der Waals surface area contributed by atoms with Gasteiger partial charge in [-0.2, -0.15) is 0 Å². The Morgan fingerprint density at radius 3 is 2.76 bits per heavy atom. The molecule has 0 aliphatic carbocycles. The summed E-state index contributed by atoms with van der Waals surface area (Å²) >= 11 is 3.60. The van der Waals surface area contributed by atoms with Gasteiger partial charge >= 0.3 is 0 Å². The monoisotopic (exact) mass is 368 g/mol. The predicted octanol–water partition coefficient (Wildman–Crippen LogP) is 4.07. The van der Waals surface area contributed by atoms with Crippen LogP contribution in [0.25, 0.3) is 0 Å². The number of rotatable bonds is 5. The van der Waals surface area contributed by atoms with E-state index in [9.17, 15) is 4.79 Å². The van der Waals surface area contributed by atoms with Crippen molar-refractivity contribution in [3.8, 4) is 0 Å². The van der Waals surface area contributed by atoms with Crippen LogP contribution in [0, 0.1) is 0 Å². The predicted molar refractivity (Wildman–Crippen MR) is 104 cm³/mol. The molecule has 128 valence electrons. The molecule has 0 bridgehead atoms. The summed E-state index contributed by atoms with van der Waals surface area (Å²) in [5.74, 6) is 0.0871. The van der Waals surface area contributed by atoms with E-state index >= 15 is 0 Å². The van der Waals surface area contributed by atoms with Gasteiger partial charge in [0.2, 0.25) is 5.91 Å². The number of nitrogens with zero attached hydrogens (tertiary/aromatic N) is 1. The van der Waals surface area contributed by atoms with Crippen molar-refractivity contribution in [2.24, 2.45) is 0 Å². The largest absolute Gasteiger partial charge is 0.351 e. The van der Waals surface area contributed by atoms with Crippen LogP contribution < -0.4 is 5.32 Å². The molecule has 25 heavy (non-hydrogen) atoms. The van der Waals surface area contributed by atoms with Gasteiger partial charge in [0, 0.05) is 22.8 Å². The van der Waals surface area contributed by atoms with Gasteiger partial charge in [0.15, 0.2) is 0 Å². The van der Waals surface area contributed by atoms with Gasteiger partial charge in [-0.3, -0.25) is 9.69 Å². The molecular weight excluding hydrogens is 348 g/mol. The molecule has 5 heteroatoms. The third kappa shape index (κ3) is 3.68. The first-order chi connectivity index (χ1) is 12.3. The number of benzene rings is 1. The Morgan fingerprint density at radius 2 is 1.96 bits per heavy atom. The van der Waals surface area contributed by atoms with E-state index < -0.39 is 0 Å². The maximum Gasteiger partial charge on any atom is 0.234 e. The average Bonchev–Trinajstić information content (AvgIpc) is 3.32. The minimum Gasteiger partial charge on any atom is -0.351 e. The van der Waals surface area contributed by atoms with E-state index in [1.165, 1.54) is 15.3 Å². The fraction of sp³-hybridized carbons (Fsp3) is 0.250. The molecule has 0 unspecified atom stereocenters. The number of thiophene rings is 2.